The van der Waals surface area contributed by atoms with Crippen molar-refractivity contribution in [3.05, 3.63) is 29.3 Å². The van der Waals surface area contributed by atoms with Gasteiger partial charge in [0.05, 0.1) is 19.6 Å². The molecule has 0 unspecified atom stereocenters. The van der Waals surface area contributed by atoms with Gasteiger partial charge in [0.15, 0.2) is 0 Å². The number of hydrogen-bond donors (Lipinski definition) is 1. The number of carboxylic acid groups (broad SMARTS) is 1. The monoisotopic (exact) mass is 252 g/mol. The van der Waals surface area contributed by atoms with Crippen molar-refractivity contribution < 1.29 is 24.2 Å². The summed E-state index contributed by atoms with van der Waals surface area (Å²) in [4.78, 5) is 22.4. The number of rotatable bonds is 6. The molecule has 1 rings (SSSR count). The van der Waals surface area contributed by atoms with Crippen LogP contribution in [0.4, 0.5) is 0 Å². The maximum Gasteiger partial charge on any atom is 0.341 e. The molecule has 0 saturated heterocycles. The zero-order chi connectivity index (χ0) is 13.5. The molecule has 0 saturated carbocycles. The first-order chi connectivity index (χ1) is 8.58. The van der Waals surface area contributed by atoms with Crippen molar-refractivity contribution in [2.45, 2.75) is 20.3 Å². The van der Waals surface area contributed by atoms with E-state index >= 15 is 0 Å². The minimum Gasteiger partial charge on any atom is -0.493 e. The second kappa shape index (κ2) is 6.64. The molecule has 18 heavy (non-hydrogen) atoms. The highest BCUT2D eigenvalue weighted by molar-refractivity contribution is 5.93. The molecule has 0 atom stereocenters. The fourth-order valence-corrected chi connectivity index (χ4v) is 1.51. The predicted octanol–water partition coefficient (Wildman–Crippen LogP) is 1.89. The van der Waals surface area contributed by atoms with Crippen LogP contribution in [0.3, 0.4) is 0 Å². The molecule has 5 heteroatoms. The predicted molar refractivity (Wildman–Crippen MR) is 64.9 cm³/mol. The molecule has 0 aliphatic rings. The van der Waals surface area contributed by atoms with Crippen LogP contribution in [-0.4, -0.2) is 30.3 Å². The number of benzene rings is 1. The van der Waals surface area contributed by atoms with Gasteiger partial charge >= 0.3 is 11.9 Å². The lowest BCUT2D eigenvalue weighted by molar-refractivity contribution is -0.136. The summed E-state index contributed by atoms with van der Waals surface area (Å²) in [5, 5.41) is 8.73. The molecular formula is C13H16O5. The van der Waals surface area contributed by atoms with E-state index in [1.165, 1.54) is 6.07 Å². The van der Waals surface area contributed by atoms with Gasteiger partial charge in [-0.1, -0.05) is 6.07 Å². The zero-order valence-electron chi connectivity index (χ0n) is 10.4. The number of aliphatic carboxylic acids is 1. The van der Waals surface area contributed by atoms with Crippen molar-refractivity contribution in [2.24, 2.45) is 0 Å². The van der Waals surface area contributed by atoms with Crippen LogP contribution in [-0.2, 0) is 16.0 Å². The minimum absolute atomic E-state index is 0.140. The first-order valence-electron chi connectivity index (χ1n) is 5.73. The van der Waals surface area contributed by atoms with Crippen molar-refractivity contribution in [3.63, 3.8) is 0 Å². The van der Waals surface area contributed by atoms with Gasteiger partial charge in [-0.15, -0.1) is 0 Å². The van der Waals surface area contributed by atoms with E-state index in [0.717, 1.165) is 0 Å². The standard InChI is InChI=1S/C13H16O5/c1-3-17-11-6-5-9(8-12(14)15)7-10(11)13(16)18-4-2/h5-7H,3-4,8H2,1-2H3,(H,14,15). The molecule has 0 bridgehead atoms. The molecule has 1 aromatic rings. The Morgan fingerprint density at radius 3 is 2.50 bits per heavy atom. The van der Waals surface area contributed by atoms with Gasteiger partial charge in [0, 0.05) is 0 Å². The van der Waals surface area contributed by atoms with Crippen LogP contribution in [0.1, 0.15) is 29.8 Å². The number of ether oxygens (including phenoxy) is 2. The lowest BCUT2D eigenvalue weighted by Crippen LogP contribution is -2.09. The van der Waals surface area contributed by atoms with E-state index < -0.39 is 11.9 Å². The fourth-order valence-electron chi connectivity index (χ4n) is 1.51. The Hall–Kier alpha value is -2.04. The van der Waals surface area contributed by atoms with Crippen molar-refractivity contribution in [2.75, 3.05) is 13.2 Å². The third-order valence-electron chi connectivity index (χ3n) is 2.19. The maximum absolute atomic E-state index is 11.7. The summed E-state index contributed by atoms with van der Waals surface area (Å²) < 4.78 is 10.2. The lowest BCUT2D eigenvalue weighted by Gasteiger charge is -2.10. The fraction of sp³-hybridized carbons (Fsp3) is 0.385. The van der Waals surface area contributed by atoms with Crippen molar-refractivity contribution in [1.82, 2.24) is 0 Å². The van der Waals surface area contributed by atoms with Gasteiger partial charge in [-0.2, -0.15) is 0 Å². The summed E-state index contributed by atoms with van der Waals surface area (Å²) in [6.45, 7) is 4.19. The SMILES string of the molecule is CCOC(=O)c1cc(CC(=O)O)ccc1OCC. The number of carbonyl (C=O) groups is 2. The Morgan fingerprint density at radius 1 is 1.22 bits per heavy atom. The second-order valence-electron chi connectivity index (χ2n) is 3.55. The summed E-state index contributed by atoms with van der Waals surface area (Å²) in [5.74, 6) is -1.05. The quantitative estimate of drug-likeness (QED) is 0.783. The van der Waals surface area contributed by atoms with Crippen LogP contribution in [0.5, 0.6) is 5.75 Å². The third-order valence-corrected chi connectivity index (χ3v) is 2.19. The van der Waals surface area contributed by atoms with E-state index in [4.69, 9.17) is 14.6 Å². The van der Waals surface area contributed by atoms with Gasteiger partial charge in [0.1, 0.15) is 11.3 Å². The molecule has 0 amide bonds. The van der Waals surface area contributed by atoms with E-state index in [2.05, 4.69) is 0 Å². The van der Waals surface area contributed by atoms with E-state index in [-0.39, 0.29) is 18.6 Å². The first-order valence-corrected chi connectivity index (χ1v) is 5.73. The number of esters is 1. The Bertz CT molecular complexity index is 439. The summed E-state index contributed by atoms with van der Waals surface area (Å²) in [7, 11) is 0. The first kappa shape index (κ1) is 14.0. The van der Waals surface area contributed by atoms with Gasteiger partial charge in [-0.3, -0.25) is 4.79 Å². The molecule has 0 aromatic heterocycles. The third kappa shape index (κ3) is 3.76. The zero-order valence-corrected chi connectivity index (χ0v) is 10.4. The lowest BCUT2D eigenvalue weighted by atomic mass is 10.1. The summed E-state index contributed by atoms with van der Waals surface area (Å²) in [6, 6.07) is 4.72. The van der Waals surface area contributed by atoms with E-state index in [9.17, 15) is 9.59 Å². The maximum atomic E-state index is 11.7. The van der Waals surface area contributed by atoms with Gasteiger partial charge in [0.25, 0.3) is 0 Å². The van der Waals surface area contributed by atoms with Gasteiger partial charge < -0.3 is 14.6 Å². The van der Waals surface area contributed by atoms with Gasteiger partial charge in [0.2, 0.25) is 0 Å². The largest absolute Gasteiger partial charge is 0.493 e. The van der Waals surface area contributed by atoms with E-state index in [1.54, 1.807) is 26.0 Å². The van der Waals surface area contributed by atoms with Crippen LogP contribution in [0, 0.1) is 0 Å². The van der Waals surface area contributed by atoms with Crippen LogP contribution in [0.2, 0.25) is 0 Å². The molecule has 1 aromatic carbocycles. The number of carboxylic acids is 1. The van der Waals surface area contributed by atoms with Crippen LogP contribution >= 0.6 is 0 Å². The van der Waals surface area contributed by atoms with E-state index in [1.807, 2.05) is 0 Å². The molecule has 0 heterocycles. The Balaban J connectivity index is 3.06. The van der Waals surface area contributed by atoms with Crippen LogP contribution < -0.4 is 4.74 Å². The molecule has 0 spiro atoms. The Kier molecular flexibility index (Phi) is 5.17. The van der Waals surface area contributed by atoms with Crippen LogP contribution in [0.25, 0.3) is 0 Å². The highest BCUT2D eigenvalue weighted by Gasteiger charge is 2.15. The minimum atomic E-state index is -0.950. The smallest absolute Gasteiger partial charge is 0.341 e. The van der Waals surface area contributed by atoms with E-state index in [0.29, 0.717) is 17.9 Å². The van der Waals surface area contributed by atoms with Gasteiger partial charge in [-0.05, 0) is 31.5 Å². The van der Waals surface area contributed by atoms with Crippen LogP contribution in [0.15, 0.2) is 18.2 Å². The van der Waals surface area contributed by atoms with Crippen molar-refractivity contribution in [3.8, 4) is 5.75 Å². The molecule has 98 valence electrons. The van der Waals surface area contributed by atoms with Crippen molar-refractivity contribution >= 4 is 11.9 Å². The number of hydrogen-bond acceptors (Lipinski definition) is 4. The Morgan fingerprint density at radius 2 is 1.94 bits per heavy atom. The molecule has 0 aliphatic heterocycles. The topological polar surface area (TPSA) is 72.8 Å². The molecule has 0 fully saturated rings. The second-order valence-corrected chi connectivity index (χ2v) is 3.55. The summed E-state index contributed by atoms with van der Waals surface area (Å²) >= 11 is 0. The summed E-state index contributed by atoms with van der Waals surface area (Å²) in [6.07, 6.45) is -0.140. The average Bonchev–Trinajstić information content (AvgIpc) is 2.31. The average molecular weight is 252 g/mol. The number of carbonyl (C=O) groups excluding carboxylic acids is 1. The highest BCUT2D eigenvalue weighted by Crippen LogP contribution is 2.21. The van der Waals surface area contributed by atoms with Crippen molar-refractivity contribution in [1.29, 1.82) is 0 Å². The highest BCUT2D eigenvalue weighted by atomic mass is 16.5. The molecular weight excluding hydrogens is 236 g/mol. The molecule has 0 aliphatic carbocycles. The molecule has 0 radical (unpaired) electrons. The molecule has 5 nitrogen and oxygen atoms in total. The Labute approximate surface area is 105 Å². The normalized spacial score (nSPS) is 9.89. The summed E-state index contributed by atoms with van der Waals surface area (Å²) in [5.41, 5.74) is 0.798. The molecule has 1 N–H and O–H groups in total. The van der Waals surface area contributed by atoms with Gasteiger partial charge in [-0.25, -0.2) is 4.79 Å².